The lowest BCUT2D eigenvalue weighted by Gasteiger charge is -2.33. The zero-order chi connectivity index (χ0) is 30.1. The molecular formula is C29H36N6O6. The second-order valence-corrected chi connectivity index (χ2v) is 10.3. The van der Waals surface area contributed by atoms with E-state index in [1.54, 1.807) is 17.9 Å². The van der Waals surface area contributed by atoms with Crippen molar-refractivity contribution in [1.82, 2.24) is 26.0 Å². The molecule has 41 heavy (non-hydrogen) atoms. The molecule has 218 valence electrons. The molecule has 0 spiro atoms. The Kier molecular flexibility index (Phi) is 10.8. The fraction of sp³-hybridized carbons (Fsp3) is 0.448. The second kappa shape index (κ2) is 14.2. The van der Waals surface area contributed by atoms with Crippen molar-refractivity contribution in [2.45, 2.75) is 64.8 Å². The molecule has 3 atom stereocenters. The summed E-state index contributed by atoms with van der Waals surface area (Å²) in [6.07, 6.45) is 0.120. The Morgan fingerprint density at radius 1 is 1.15 bits per heavy atom. The van der Waals surface area contributed by atoms with E-state index >= 15 is 0 Å². The Hall–Kier alpha value is -4.50. The van der Waals surface area contributed by atoms with E-state index in [9.17, 15) is 24.3 Å². The molecule has 2 heterocycles. The van der Waals surface area contributed by atoms with Gasteiger partial charge in [-0.25, -0.2) is 0 Å². The molecule has 4 N–H and O–H groups in total. The van der Waals surface area contributed by atoms with Crippen LogP contribution in [0.4, 0.5) is 0 Å². The summed E-state index contributed by atoms with van der Waals surface area (Å²) < 4.78 is 4.91. The number of benzene rings is 1. The smallest absolute Gasteiger partial charge is 0.274 e. The van der Waals surface area contributed by atoms with Gasteiger partial charge >= 0.3 is 0 Å². The number of hydrogen-bond donors (Lipinski definition) is 4. The minimum absolute atomic E-state index is 0.0116. The summed E-state index contributed by atoms with van der Waals surface area (Å²) in [6, 6.07) is 8.51. The summed E-state index contributed by atoms with van der Waals surface area (Å²) >= 11 is 0. The first kappa shape index (κ1) is 31.0. The molecule has 0 radical (unpaired) electrons. The normalized spacial score (nSPS) is 15.6. The molecule has 0 saturated carbocycles. The number of hydrogen-bond acceptors (Lipinski definition) is 8. The first-order valence-electron chi connectivity index (χ1n) is 13.4. The Morgan fingerprint density at radius 2 is 1.80 bits per heavy atom. The largest absolute Gasteiger partial charge is 0.391 e. The van der Waals surface area contributed by atoms with E-state index in [0.717, 1.165) is 11.1 Å². The van der Waals surface area contributed by atoms with Crippen molar-refractivity contribution in [2.24, 2.45) is 5.92 Å². The monoisotopic (exact) mass is 564 g/mol. The number of aliphatic hydroxyl groups excluding tert-OH is 1. The van der Waals surface area contributed by atoms with Gasteiger partial charge in [-0.05, 0) is 51.5 Å². The molecule has 1 aliphatic rings. The van der Waals surface area contributed by atoms with E-state index in [4.69, 9.17) is 9.78 Å². The minimum Gasteiger partial charge on any atom is -0.391 e. The van der Waals surface area contributed by atoms with Gasteiger partial charge in [-0.15, -0.1) is 0 Å². The molecule has 1 aliphatic heterocycles. The molecule has 1 fully saturated rings. The third-order valence-corrected chi connectivity index (χ3v) is 7.00. The zero-order valence-electron chi connectivity index (χ0n) is 23.5. The van der Waals surface area contributed by atoms with Crippen LogP contribution >= 0.6 is 0 Å². The summed E-state index contributed by atoms with van der Waals surface area (Å²) in [4.78, 5) is 53.0. The van der Waals surface area contributed by atoms with E-state index in [-0.39, 0.29) is 30.2 Å². The lowest BCUT2D eigenvalue weighted by Crippen LogP contribution is -2.57. The van der Waals surface area contributed by atoms with Crippen molar-refractivity contribution in [3.8, 4) is 6.07 Å². The van der Waals surface area contributed by atoms with Gasteiger partial charge in [0.2, 0.25) is 11.8 Å². The molecule has 1 aromatic carbocycles. The second-order valence-electron chi connectivity index (χ2n) is 10.3. The maximum Gasteiger partial charge on any atom is 0.274 e. The topological polar surface area (TPSA) is 178 Å². The van der Waals surface area contributed by atoms with Gasteiger partial charge in [0.1, 0.15) is 29.5 Å². The maximum absolute atomic E-state index is 13.3. The van der Waals surface area contributed by atoms with Crippen molar-refractivity contribution >= 4 is 23.6 Å². The number of nitrogens with zero attached hydrogens (tertiary/aromatic N) is 3. The van der Waals surface area contributed by atoms with E-state index in [1.807, 2.05) is 31.2 Å². The fourth-order valence-corrected chi connectivity index (χ4v) is 4.55. The van der Waals surface area contributed by atoms with Crippen LogP contribution in [0.25, 0.3) is 0 Å². The Labute approximate surface area is 238 Å². The average molecular weight is 565 g/mol. The molecule has 0 bridgehead atoms. The quantitative estimate of drug-likeness (QED) is 0.233. The number of aryl methyl sites for hydroxylation is 2. The van der Waals surface area contributed by atoms with Gasteiger partial charge < -0.3 is 30.5 Å². The number of likely N-dealkylation sites (tertiary alicyclic amines) is 1. The van der Waals surface area contributed by atoms with Crippen molar-refractivity contribution in [3.05, 3.63) is 65.1 Å². The number of nitrogens with one attached hydrogen (secondary N) is 3. The van der Waals surface area contributed by atoms with Gasteiger partial charge in [0.05, 0.1) is 6.10 Å². The molecule has 12 heteroatoms. The highest BCUT2D eigenvalue weighted by atomic mass is 16.5. The van der Waals surface area contributed by atoms with Crippen molar-refractivity contribution in [1.29, 1.82) is 5.26 Å². The van der Waals surface area contributed by atoms with Crippen molar-refractivity contribution in [2.75, 3.05) is 13.1 Å². The van der Waals surface area contributed by atoms with Crippen LogP contribution in [0.3, 0.4) is 0 Å². The Bertz CT molecular complexity index is 1300. The molecule has 0 aliphatic carbocycles. The number of carbonyl (C=O) groups is 4. The number of aliphatic hydroxyl groups is 1. The molecule has 0 unspecified atom stereocenters. The molecule has 12 nitrogen and oxygen atoms in total. The lowest BCUT2D eigenvalue weighted by molar-refractivity contribution is -0.132. The van der Waals surface area contributed by atoms with Gasteiger partial charge in [0.15, 0.2) is 5.69 Å². The van der Waals surface area contributed by atoms with Crippen LogP contribution in [0.5, 0.6) is 0 Å². The molecule has 1 saturated heterocycles. The highest BCUT2D eigenvalue weighted by Gasteiger charge is 2.33. The Morgan fingerprint density at radius 3 is 2.37 bits per heavy atom. The first-order valence-corrected chi connectivity index (χ1v) is 13.4. The van der Waals surface area contributed by atoms with Gasteiger partial charge in [0.25, 0.3) is 11.8 Å². The van der Waals surface area contributed by atoms with E-state index in [2.05, 4.69) is 27.7 Å². The molecular weight excluding hydrogens is 528 g/mol. The molecule has 3 rings (SSSR count). The van der Waals surface area contributed by atoms with Crippen molar-refractivity contribution in [3.63, 3.8) is 0 Å². The molecule has 1 aromatic heterocycles. The average Bonchev–Trinajstić information content (AvgIpc) is 3.40. The van der Waals surface area contributed by atoms with E-state index in [0.29, 0.717) is 31.7 Å². The third-order valence-electron chi connectivity index (χ3n) is 7.00. The summed E-state index contributed by atoms with van der Waals surface area (Å²) in [5, 5.41) is 30.9. The standard InChI is InChI=1S/C29H36N6O6/c1-17-5-7-22(8-6-17)16-31-26(37)23(14-21-9-11-35(12-10-21)29(40)18(2)15-30)32-28(39)25(20(4)36)33-27(38)24-13-19(3)41-34-24/h5-8,13,20-21,23,25,36H,2,9-12,14,16H2,1,3-4H3,(H,31,37)(H,32,39)(H,33,38)/t20-,23+,25+/m1/s1. The zero-order valence-corrected chi connectivity index (χ0v) is 23.5. The fourth-order valence-electron chi connectivity index (χ4n) is 4.55. The van der Waals surface area contributed by atoms with Crippen LogP contribution in [0, 0.1) is 31.1 Å². The number of carbonyl (C=O) groups excluding carboxylic acids is 4. The van der Waals surface area contributed by atoms with Crippen LogP contribution < -0.4 is 16.0 Å². The van der Waals surface area contributed by atoms with Crippen LogP contribution in [0.15, 0.2) is 47.0 Å². The maximum atomic E-state index is 13.3. The first-order chi connectivity index (χ1) is 19.5. The predicted octanol–water partition coefficient (Wildman–Crippen LogP) is 1.28. The van der Waals surface area contributed by atoms with Gasteiger partial charge in [-0.1, -0.05) is 41.6 Å². The number of piperidine rings is 1. The van der Waals surface area contributed by atoms with Crippen LogP contribution in [-0.2, 0) is 20.9 Å². The van der Waals surface area contributed by atoms with E-state index in [1.165, 1.54) is 13.0 Å². The van der Waals surface area contributed by atoms with Gasteiger partial charge in [-0.3, -0.25) is 19.2 Å². The predicted molar refractivity (Wildman–Crippen MR) is 148 cm³/mol. The lowest BCUT2D eigenvalue weighted by atomic mass is 9.89. The van der Waals surface area contributed by atoms with Crippen LogP contribution in [0.2, 0.25) is 0 Å². The van der Waals surface area contributed by atoms with Gasteiger partial charge in [-0.2, -0.15) is 5.26 Å². The third kappa shape index (κ3) is 8.74. The highest BCUT2D eigenvalue weighted by Crippen LogP contribution is 2.23. The minimum atomic E-state index is -1.36. The number of amides is 4. The van der Waals surface area contributed by atoms with Crippen LogP contribution in [-0.4, -0.2) is 70.1 Å². The SMILES string of the molecule is C=C(C#N)C(=O)N1CCC(C[C@H](NC(=O)[C@@H](NC(=O)c2cc(C)on2)[C@@H](C)O)C(=O)NCc2ccc(C)cc2)CC1. The van der Waals surface area contributed by atoms with Crippen LogP contribution in [0.1, 0.15) is 53.6 Å². The highest BCUT2D eigenvalue weighted by molar-refractivity contribution is 5.97. The summed E-state index contributed by atoms with van der Waals surface area (Å²) in [6.45, 7) is 9.43. The Balaban J connectivity index is 1.70. The van der Waals surface area contributed by atoms with Crippen molar-refractivity contribution < 1.29 is 28.8 Å². The summed E-state index contributed by atoms with van der Waals surface area (Å²) in [7, 11) is 0. The number of nitriles is 1. The number of aromatic nitrogens is 1. The molecule has 4 amide bonds. The summed E-state index contributed by atoms with van der Waals surface area (Å²) in [5.41, 5.74) is 1.79. The number of rotatable bonds is 11. The van der Waals surface area contributed by atoms with E-state index < -0.39 is 41.8 Å². The summed E-state index contributed by atoms with van der Waals surface area (Å²) in [5.74, 6) is -1.88. The van der Waals surface area contributed by atoms with Gasteiger partial charge in [0, 0.05) is 25.7 Å². The molecule has 2 aromatic rings.